The van der Waals surface area contributed by atoms with E-state index in [1.807, 2.05) is 0 Å². The second-order valence-electron chi connectivity index (χ2n) is 3.30. The van der Waals surface area contributed by atoms with Crippen LogP contribution in [0.5, 0.6) is 0 Å². The van der Waals surface area contributed by atoms with Gasteiger partial charge in [-0.05, 0) is 17.7 Å². The molecule has 0 aliphatic heterocycles. The first-order valence-corrected chi connectivity index (χ1v) is 4.52. The van der Waals surface area contributed by atoms with Crippen LogP contribution in [0.1, 0.15) is 11.4 Å². The molecule has 0 spiro atoms. The lowest BCUT2D eigenvalue weighted by atomic mass is 10.1. The van der Waals surface area contributed by atoms with Crippen molar-refractivity contribution in [2.24, 2.45) is 7.05 Å². The van der Waals surface area contributed by atoms with Crippen molar-refractivity contribution in [1.82, 2.24) is 14.8 Å². The van der Waals surface area contributed by atoms with Gasteiger partial charge < -0.3 is 0 Å². The van der Waals surface area contributed by atoms with Crippen molar-refractivity contribution in [2.45, 2.75) is 6.42 Å². The molecular weight excluding hydrogens is 197 g/mol. The van der Waals surface area contributed by atoms with E-state index in [9.17, 15) is 9.18 Å². The summed E-state index contributed by atoms with van der Waals surface area (Å²) >= 11 is 0. The topological polar surface area (TPSA) is 50.7 Å². The molecule has 0 bridgehead atoms. The standard InChI is InChI=1S/C10H10FN3O/c1-14-10(15)12-9(13-14)6-7-2-4-8(11)5-3-7/h2-5H,6H2,1H3,(H,12,13,15). The lowest BCUT2D eigenvalue weighted by Gasteiger charge is -1.96. The van der Waals surface area contributed by atoms with Crippen molar-refractivity contribution in [3.05, 3.63) is 52.0 Å². The number of aromatic amines is 1. The Kier molecular flexibility index (Phi) is 2.37. The molecule has 78 valence electrons. The van der Waals surface area contributed by atoms with Gasteiger partial charge in [-0.2, -0.15) is 5.10 Å². The molecule has 4 nitrogen and oxygen atoms in total. The fraction of sp³-hybridized carbons (Fsp3) is 0.200. The Morgan fingerprint density at radius 1 is 1.40 bits per heavy atom. The molecule has 1 aromatic heterocycles. The summed E-state index contributed by atoms with van der Waals surface area (Å²) in [4.78, 5) is 13.7. The maximum atomic E-state index is 12.6. The molecule has 1 heterocycles. The van der Waals surface area contributed by atoms with Gasteiger partial charge in [-0.1, -0.05) is 12.1 Å². The molecule has 0 fully saturated rings. The Balaban J connectivity index is 2.22. The lowest BCUT2D eigenvalue weighted by molar-refractivity contribution is 0.627. The zero-order valence-electron chi connectivity index (χ0n) is 8.20. The van der Waals surface area contributed by atoms with Crippen molar-refractivity contribution in [2.75, 3.05) is 0 Å². The molecule has 0 amide bonds. The number of H-pyrrole nitrogens is 1. The number of nitrogens with one attached hydrogen (secondary N) is 1. The monoisotopic (exact) mass is 207 g/mol. The Morgan fingerprint density at radius 3 is 2.60 bits per heavy atom. The summed E-state index contributed by atoms with van der Waals surface area (Å²) in [5, 5.41) is 3.98. The van der Waals surface area contributed by atoms with Crippen LogP contribution in [0.25, 0.3) is 0 Å². The number of aromatic nitrogens is 3. The maximum Gasteiger partial charge on any atom is 0.343 e. The Morgan fingerprint density at radius 2 is 2.07 bits per heavy atom. The second-order valence-corrected chi connectivity index (χ2v) is 3.30. The van der Waals surface area contributed by atoms with Gasteiger partial charge in [0.05, 0.1) is 0 Å². The van der Waals surface area contributed by atoms with Gasteiger partial charge in [-0.15, -0.1) is 0 Å². The highest BCUT2D eigenvalue weighted by atomic mass is 19.1. The van der Waals surface area contributed by atoms with Crippen LogP contribution in [0.4, 0.5) is 4.39 Å². The third-order valence-electron chi connectivity index (χ3n) is 2.10. The molecule has 0 saturated heterocycles. The number of halogens is 1. The highest BCUT2D eigenvalue weighted by molar-refractivity contribution is 5.19. The second kappa shape index (κ2) is 3.68. The van der Waals surface area contributed by atoms with Gasteiger partial charge in [0, 0.05) is 13.5 Å². The van der Waals surface area contributed by atoms with Crippen molar-refractivity contribution < 1.29 is 4.39 Å². The average molecular weight is 207 g/mol. The highest BCUT2D eigenvalue weighted by Gasteiger charge is 2.02. The van der Waals surface area contributed by atoms with Crippen molar-refractivity contribution in [1.29, 1.82) is 0 Å². The van der Waals surface area contributed by atoms with Gasteiger partial charge in [0.25, 0.3) is 0 Å². The van der Waals surface area contributed by atoms with Crippen molar-refractivity contribution in [3.8, 4) is 0 Å². The molecule has 5 heteroatoms. The number of benzene rings is 1. The van der Waals surface area contributed by atoms with Crippen LogP contribution < -0.4 is 5.69 Å². The summed E-state index contributed by atoms with van der Waals surface area (Å²) in [6.07, 6.45) is 0.496. The summed E-state index contributed by atoms with van der Waals surface area (Å²) in [7, 11) is 1.58. The van der Waals surface area contributed by atoms with E-state index in [4.69, 9.17) is 0 Å². The van der Waals surface area contributed by atoms with E-state index < -0.39 is 0 Å². The summed E-state index contributed by atoms with van der Waals surface area (Å²) in [6.45, 7) is 0. The van der Waals surface area contributed by atoms with Crippen LogP contribution in [0.15, 0.2) is 29.1 Å². The summed E-state index contributed by atoms with van der Waals surface area (Å²) in [6, 6.07) is 6.11. The predicted molar refractivity (Wildman–Crippen MR) is 53.0 cm³/mol. The van der Waals surface area contributed by atoms with E-state index in [1.54, 1.807) is 19.2 Å². The Hall–Kier alpha value is -1.91. The van der Waals surface area contributed by atoms with E-state index >= 15 is 0 Å². The number of rotatable bonds is 2. The number of nitrogens with zero attached hydrogens (tertiary/aromatic N) is 2. The van der Waals surface area contributed by atoms with E-state index in [2.05, 4.69) is 10.1 Å². The summed E-state index contributed by atoms with van der Waals surface area (Å²) < 4.78 is 13.9. The minimum Gasteiger partial charge on any atom is -0.292 e. The van der Waals surface area contributed by atoms with E-state index in [0.29, 0.717) is 12.2 Å². The zero-order valence-corrected chi connectivity index (χ0v) is 8.20. The first kappa shape index (κ1) is 9.64. The average Bonchev–Trinajstić information content (AvgIpc) is 2.50. The minimum absolute atomic E-state index is 0.243. The summed E-state index contributed by atoms with van der Waals surface area (Å²) in [5.41, 5.74) is 0.665. The predicted octanol–water partition coefficient (Wildman–Crippen LogP) is 0.838. The highest BCUT2D eigenvalue weighted by Crippen LogP contribution is 2.05. The SMILES string of the molecule is Cn1nc(Cc2ccc(F)cc2)[nH]c1=O. The molecular formula is C10H10FN3O. The number of hydrogen-bond donors (Lipinski definition) is 1. The molecule has 2 rings (SSSR count). The van der Waals surface area contributed by atoms with Crippen LogP contribution in [0.2, 0.25) is 0 Å². The van der Waals surface area contributed by atoms with Gasteiger partial charge in [-0.25, -0.2) is 13.9 Å². The minimum atomic E-state index is -0.270. The normalized spacial score (nSPS) is 10.5. The van der Waals surface area contributed by atoms with Crippen LogP contribution in [-0.4, -0.2) is 14.8 Å². The van der Waals surface area contributed by atoms with E-state index in [0.717, 1.165) is 5.56 Å². The van der Waals surface area contributed by atoms with Crippen molar-refractivity contribution in [3.63, 3.8) is 0 Å². The molecule has 2 aromatic rings. The van der Waals surface area contributed by atoms with Gasteiger partial charge in [0.2, 0.25) is 0 Å². The van der Waals surface area contributed by atoms with Crippen LogP contribution in [0.3, 0.4) is 0 Å². The molecule has 0 aliphatic rings. The van der Waals surface area contributed by atoms with E-state index in [1.165, 1.54) is 16.8 Å². The zero-order chi connectivity index (χ0) is 10.8. The fourth-order valence-corrected chi connectivity index (χ4v) is 1.33. The van der Waals surface area contributed by atoms with Gasteiger partial charge >= 0.3 is 5.69 Å². The smallest absolute Gasteiger partial charge is 0.292 e. The van der Waals surface area contributed by atoms with Crippen LogP contribution >= 0.6 is 0 Å². The molecule has 0 aliphatic carbocycles. The van der Waals surface area contributed by atoms with Gasteiger partial charge in [-0.3, -0.25) is 4.98 Å². The van der Waals surface area contributed by atoms with Crippen molar-refractivity contribution >= 4 is 0 Å². The Bertz CT molecular complexity index is 512. The fourth-order valence-electron chi connectivity index (χ4n) is 1.33. The third kappa shape index (κ3) is 2.12. The molecule has 0 radical (unpaired) electrons. The molecule has 0 atom stereocenters. The van der Waals surface area contributed by atoms with Gasteiger partial charge in [0.1, 0.15) is 11.6 Å². The number of hydrogen-bond acceptors (Lipinski definition) is 2. The van der Waals surface area contributed by atoms with Crippen LogP contribution in [0, 0.1) is 5.82 Å². The first-order chi connectivity index (χ1) is 7.15. The molecule has 0 unspecified atom stereocenters. The Labute approximate surface area is 85.4 Å². The molecule has 1 aromatic carbocycles. The van der Waals surface area contributed by atoms with Gasteiger partial charge in [0.15, 0.2) is 0 Å². The van der Waals surface area contributed by atoms with Crippen LogP contribution in [-0.2, 0) is 13.5 Å². The largest absolute Gasteiger partial charge is 0.343 e. The third-order valence-corrected chi connectivity index (χ3v) is 2.10. The maximum absolute atomic E-state index is 12.6. The molecule has 15 heavy (non-hydrogen) atoms. The van der Waals surface area contributed by atoms with E-state index in [-0.39, 0.29) is 11.5 Å². The molecule has 1 N–H and O–H groups in total. The first-order valence-electron chi connectivity index (χ1n) is 4.52. The quantitative estimate of drug-likeness (QED) is 0.793. The summed E-state index contributed by atoms with van der Waals surface area (Å²) in [5.74, 6) is 0.308. The number of aryl methyl sites for hydroxylation is 1. The lowest BCUT2D eigenvalue weighted by Crippen LogP contribution is -2.13. The molecule has 0 saturated carbocycles.